The maximum atomic E-state index is 12.0. The maximum Gasteiger partial charge on any atom is 0.490 e. The van der Waals surface area contributed by atoms with E-state index in [0.29, 0.717) is 4.57 Å². The van der Waals surface area contributed by atoms with Crippen LogP contribution in [0.1, 0.15) is 11.8 Å². The van der Waals surface area contributed by atoms with Gasteiger partial charge in [-0.05, 0) is 0 Å². The monoisotopic (exact) mass is 507 g/mol. The number of hydrogen-bond acceptors (Lipinski definition) is 12. The van der Waals surface area contributed by atoms with Crippen molar-refractivity contribution in [2.45, 2.75) is 24.5 Å². The molecular weight excluding hydrogens is 491 g/mol. The molecule has 1 fully saturated rings. The molecule has 1 aliphatic heterocycles. The SMILES string of the molecule is C#Cc1cn([C@@H]2O[C@H](COP(=O)(O)OP(=O)(O)OP(=O)(O)O)[C@@H](O)[C@H]2O)c(=O)nc1N. The number of aliphatic hydroxyl groups is 2. The van der Waals surface area contributed by atoms with Gasteiger partial charge >= 0.3 is 29.2 Å². The number of terminal acetylenes is 1. The van der Waals surface area contributed by atoms with E-state index in [1.54, 1.807) is 0 Å². The second-order valence-corrected chi connectivity index (χ2v) is 10.2. The van der Waals surface area contributed by atoms with Crippen molar-refractivity contribution in [2.75, 3.05) is 12.3 Å². The molecule has 1 aliphatic rings. The van der Waals surface area contributed by atoms with Gasteiger partial charge < -0.3 is 40.3 Å². The minimum atomic E-state index is -5.74. The largest absolute Gasteiger partial charge is 0.490 e. The van der Waals surface area contributed by atoms with Crippen molar-refractivity contribution < 1.29 is 61.4 Å². The number of anilines is 1. The fraction of sp³-hybridized carbons (Fsp3) is 0.455. The van der Waals surface area contributed by atoms with Gasteiger partial charge in [0.15, 0.2) is 6.23 Å². The smallest absolute Gasteiger partial charge is 0.387 e. The number of nitrogen functional groups attached to an aromatic ring is 1. The van der Waals surface area contributed by atoms with Crippen LogP contribution in [0.4, 0.5) is 5.82 Å². The summed E-state index contributed by atoms with van der Waals surface area (Å²) in [6, 6.07) is 0. The van der Waals surface area contributed by atoms with E-state index in [-0.39, 0.29) is 11.4 Å². The Balaban J connectivity index is 2.12. The lowest BCUT2D eigenvalue weighted by molar-refractivity contribution is -0.0541. The molecule has 174 valence electrons. The van der Waals surface area contributed by atoms with Crippen LogP contribution >= 0.6 is 23.5 Å². The summed E-state index contributed by atoms with van der Waals surface area (Å²) in [6.07, 6.45) is -0.559. The van der Waals surface area contributed by atoms with Gasteiger partial charge in [0.1, 0.15) is 24.1 Å². The van der Waals surface area contributed by atoms with Crippen molar-refractivity contribution in [2.24, 2.45) is 0 Å². The summed E-state index contributed by atoms with van der Waals surface area (Å²) in [4.78, 5) is 50.9. The topological polar surface area (TPSA) is 270 Å². The fourth-order valence-corrected chi connectivity index (χ4v) is 5.37. The third kappa shape index (κ3) is 6.75. The number of nitrogens with two attached hydrogens (primary N) is 1. The van der Waals surface area contributed by atoms with Gasteiger partial charge in [0, 0.05) is 6.20 Å². The van der Waals surface area contributed by atoms with Gasteiger partial charge in [-0.2, -0.15) is 13.6 Å². The summed E-state index contributed by atoms with van der Waals surface area (Å²) in [5.74, 6) is 1.85. The predicted molar refractivity (Wildman–Crippen MR) is 96.6 cm³/mol. The van der Waals surface area contributed by atoms with Crippen LogP contribution in [0.25, 0.3) is 0 Å². The lowest BCUT2D eigenvalue weighted by Crippen LogP contribution is -2.36. The quantitative estimate of drug-likeness (QED) is 0.145. The van der Waals surface area contributed by atoms with Crippen LogP contribution in [0, 0.1) is 12.3 Å². The first kappa shape index (κ1) is 25.8. The molecule has 6 atom stereocenters. The lowest BCUT2D eigenvalue weighted by Gasteiger charge is -2.19. The number of phosphoric ester groups is 1. The normalized spacial score (nSPS) is 27.9. The van der Waals surface area contributed by atoms with Gasteiger partial charge in [-0.3, -0.25) is 9.09 Å². The van der Waals surface area contributed by atoms with Crippen LogP contribution in [-0.2, 0) is 31.6 Å². The Morgan fingerprint density at radius 3 is 2.32 bits per heavy atom. The highest BCUT2D eigenvalue weighted by Crippen LogP contribution is 2.66. The number of aliphatic hydroxyl groups excluding tert-OH is 2. The highest BCUT2D eigenvalue weighted by molar-refractivity contribution is 7.66. The summed E-state index contributed by atoms with van der Waals surface area (Å²) in [6.45, 7) is -1.06. The molecule has 0 aliphatic carbocycles. The summed E-state index contributed by atoms with van der Waals surface area (Å²) in [7, 11) is -16.8. The van der Waals surface area contributed by atoms with E-state index in [1.807, 2.05) is 0 Å². The molecule has 31 heavy (non-hydrogen) atoms. The first-order chi connectivity index (χ1) is 14.1. The first-order valence-electron chi connectivity index (χ1n) is 7.70. The highest BCUT2D eigenvalue weighted by atomic mass is 31.3. The van der Waals surface area contributed by atoms with E-state index in [0.717, 1.165) is 6.20 Å². The standard InChI is InChI=1S/C11H16N3O14P3/c1-2-5-3-14(11(17)13-9(5)12)10-8(16)7(15)6(26-10)4-25-30(21,22)28-31(23,24)27-29(18,19)20/h1,3,6-8,10,15-16H,4H2,(H,21,22)(H,23,24)(H2,12,13,17)(H2,18,19,20)/t6-,7-,8-,10-/m1/s1. The molecule has 0 aromatic carbocycles. The van der Waals surface area contributed by atoms with Crippen LogP contribution in [0.5, 0.6) is 0 Å². The van der Waals surface area contributed by atoms with Crippen LogP contribution < -0.4 is 11.4 Å². The minimum Gasteiger partial charge on any atom is -0.387 e. The van der Waals surface area contributed by atoms with Gasteiger partial charge in [-0.25, -0.2) is 18.5 Å². The van der Waals surface area contributed by atoms with Crippen molar-refractivity contribution >= 4 is 29.3 Å². The number of rotatable bonds is 8. The van der Waals surface area contributed by atoms with Crippen LogP contribution in [0.15, 0.2) is 11.0 Å². The van der Waals surface area contributed by atoms with Gasteiger partial charge in [0.05, 0.1) is 12.2 Å². The minimum absolute atomic E-state index is 0.0402. The van der Waals surface area contributed by atoms with Gasteiger partial charge in [-0.1, -0.05) is 5.92 Å². The summed E-state index contributed by atoms with van der Waals surface area (Å²) in [5.41, 5.74) is 4.41. The van der Waals surface area contributed by atoms with E-state index >= 15 is 0 Å². The Morgan fingerprint density at radius 2 is 1.77 bits per heavy atom. The lowest BCUT2D eigenvalue weighted by atomic mass is 10.1. The van der Waals surface area contributed by atoms with Crippen LogP contribution in [-0.4, -0.2) is 64.3 Å². The molecule has 1 saturated heterocycles. The molecule has 2 unspecified atom stereocenters. The summed E-state index contributed by atoms with van der Waals surface area (Å²) < 4.78 is 50.9. The van der Waals surface area contributed by atoms with Crippen molar-refractivity contribution in [3.63, 3.8) is 0 Å². The van der Waals surface area contributed by atoms with Crippen molar-refractivity contribution in [3.05, 3.63) is 22.2 Å². The second-order valence-electron chi connectivity index (χ2n) is 5.81. The van der Waals surface area contributed by atoms with E-state index in [4.69, 9.17) is 31.6 Å². The second kappa shape index (κ2) is 9.18. The zero-order valence-electron chi connectivity index (χ0n) is 14.9. The van der Waals surface area contributed by atoms with Gasteiger partial charge in [0.2, 0.25) is 0 Å². The molecule has 20 heteroatoms. The predicted octanol–water partition coefficient (Wildman–Crippen LogP) is -2.23. The Hall–Kier alpha value is -1.47. The van der Waals surface area contributed by atoms with Gasteiger partial charge in [-0.15, -0.1) is 6.42 Å². The molecule has 0 spiro atoms. The van der Waals surface area contributed by atoms with E-state index in [9.17, 15) is 33.6 Å². The molecule has 0 amide bonds. The average molecular weight is 507 g/mol. The zero-order chi connectivity index (χ0) is 23.8. The summed E-state index contributed by atoms with van der Waals surface area (Å²) >= 11 is 0. The molecule has 2 heterocycles. The Bertz CT molecular complexity index is 1080. The number of phosphoric acid groups is 3. The third-order valence-corrected chi connectivity index (χ3v) is 7.37. The molecule has 2 rings (SSSR count). The molecule has 17 nitrogen and oxygen atoms in total. The molecular formula is C11H16N3O14P3. The average Bonchev–Trinajstić information content (AvgIpc) is 2.85. The number of aromatic nitrogens is 2. The molecule has 1 aromatic rings. The van der Waals surface area contributed by atoms with Gasteiger partial charge in [0.25, 0.3) is 0 Å². The molecule has 0 saturated carbocycles. The number of nitrogens with zero attached hydrogens (tertiary/aromatic N) is 2. The molecule has 8 N–H and O–H groups in total. The van der Waals surface area contributed by atoms with Crippen molar-refractivity contribution in [3.8, 4) is 12.3 Å². The number of hydrogen-bond donors (Lipinski definition) is 7. The van der Waals surface area contributed by atoms with Crippen LogP contribution in [0.2, 0.25) is 0 Å². The molecule has 0 radical (unpaired) electrons. The molecule has 0 bridgehead atoms. The third-order valence-electron chi connectivity index (χ3n) is 3.57. The Labute approximate surface area is 172 Å². The molecule has 1 aromatic heterocycles. The van der Waals surface area contributed by atoms with E-state index in [2.05, 4.69) is 24.0 Å². The van der Waals surface area contributed by atoms with Crippen molar-refractivity contribution in [1.82, 2.24) is 9.55 Å². The first-order valence-corrected chi connectivity index (χ1v) is 12.2. The highest BCUT2D eigenvalue weighted by Gasteiger charge is 2.46. The van der Waals surface area contributed by atoms with E-state index < -0.39 is 60.3 Å². The zero-order valence-corrected chi connectivity index (χ0v) is 17.6. The fourth-order valence-electron chi connectivity index (χ4n) is 2.34. The number of ether oxygens (including phenoxy) is 1. The van der Waals surface area contributed by atoms with Crippen molar-refractivity contribution in [1.29, 1.82) is 0 Å². The summed E-state index contributed by atoms with van der Waals surface area (Å²) in [5, 5.41) is 20.2. The Kier molecular flexibility index (Phi) is 7.64. The maximum absolute atomic E-state index is 12.0. The Morgan fingerprint density at radius 1 is 1.16 bits per heavy atom. The van der Waals surface area contributed by atoms with E-state index in [1.165, 1.54) is 0 Å². The van der Waals surface area contributed by atoms with Crippen LogP contribution in [0.3, 0.4) is 0 Å².